The predicted molar refractivity (Wildman–Crippen MR) is 167 cm³/mol. The van der Waals surface area contributed by atoms with Gasteiger partial charge in [0.1, 0.15) is 5.75 Å². The average molecular weight is 615 g/mol. The van der Waals surface area contributed by atoms with Gasteiger partial charge in [0.25, 0.3) is 0 Å². The molecule has 9 heteroatoms. The van der Waals surface area contributed by atoms with E-state index in [-0.39, 0.29) is 28.6 Å². The van der Waals surface area contributed by atoms with E-state index in [1.54, 1.807) is 4.90 Å². The molecule has 1 unspecified atom stereocenters. The molecular formula is C33H41Cl2N3O4. The van der Waals surface area contributed by atoms with Crippen LogP contribution in [0.15, 0.2) is 36.4 Å². The molecular weight excluding hydrogens is 573 g/mol. The van der Waals surface area contributed by atoms with E-state index in [1.165, 1.54) is 0 Å². The van der Waals surface area contributed by atoms with Crippen molar-refractivity contribution in [2.75, 3.05) is 49.1 Å². The van der Waals surface area contributed by atoms with Crippen molar-refractivity contribution in [3.8, 4) is 5.75 Å². The molecule has 7 nitrogen and oxygen atoms in total. The number of ether oxygens (including phenoxy) is 2. The number of piperazine rings is 1. The van der Waals surface area contributed by atoms with Gasteiger partial charge in [-0.25, -0.2) is 0 Å². The summed E-state index contributed by atoms with van der Waals surface area (Å²) in [4.78, 5) is 32.7. The largest absolute Gasteiger partial charge is 0.494 e. The number of esters is 1. The number of hydrogen-bond donors (Lipinski definition) is 0. The zero-order chi connectivity index (χ0) is 29.6. The van der Waals surface area contributed by atoms with Crippen molar-refractivity contribution < 1.29 is 19.1 Å². The highest BCUT2D eigenvalue weighted by Gasteiger charge is 2.85. The van der Waals surface area contributed by atoms with Gasteiger partial charge >= 0.3 is 5.97 Å². The molecule has 1 saturated heterocycles. The Morgan fingerprint density at radius 2 is 1.74 bits per heavy atom. The highest BCUT2D eigenvalue weighted by atomic mass is 35.5. The fourth-order valence-corrected chi connectivity index (χ4v) is 7.13. The fraction of sp³-hybridized carbons (Fsp3) is 0.576. The van der Waals surface area contributed by atoms with Crippen molar-refractivity contribution in [2.24, 2.45) is 16.7 Å². The van der Waals surface area contributed by atoms with Crippen molar-refractivity contribution in [1.29, 1.82) is 0 Å². The molecule has 4 aliphatic rings. The second-order valence-corrected chi connectivity index (χ2v) is 13.8. The van der Waals surface area contributed by atoms with Crippen molar-refractivity contribution in [2.45, 2.75) is 65.5 Å². The minimum absolute atomic E-state index is 0.00395. The number of anilines is 2. The average Bonchev–Trinajstić information content (AvgIpc) is 3.78. The molecule has 6 rings (SSSR count). The Morgan fingerprint density at radius 3 is 2.43 bits per heavy atom. The first-order valence-corrected chi connectivity index (χ1v) is 16.1. The Hall–Kier alpha value is -2.48. The SMILES string of the molecule is CC(C)C(OC(=O)C12CC1(C)C2)N1C(=O)CCc2ccc(OCCCCN3CCN(c4cccc(Cl)c4Cl)CC3)cc21. The third-order valence-corrected chi connectivity index (χ3v) is 10.5. The number of halogens is 2. The van der Waals surface area contributed by atoms with Crippen molar-refractivity contribution in [3.05, 3.63) is 52.0 Å². The zero-order valence-corrected chi connectivity index (χ0v) is 26.3. The van der Waals surface area contributed by atoms with Gasteiger partial charge in [0.05, 0.1) is 33.4 Å². The molecule has 0 aromatic heterocycles. The van der Waals surface area contributed by atoms with Crippen LogP contribution in [0, 0.1) is 16.7 Å². The van der Waals surface area contributed by atoms with E-state index in [4.69, 9.17) is 32.7 Å². The molecule has 2 aromatic rings. The van der Waals surface area contributed by atoms with E-state index in [0.717, 1.165) is 81.1 Å². The molecule has 1 atom stereocenters. The quantitative estimate of drug-likeness (QED) is 0.211. The van der Waals surface area contributed by atoms with Gasteiger partial charge in [-0.1, -0.05) is 56.1 Å². The minimum Gasteiger partial charge on any atom is -0.494 e. The molecule has 3 fully saturated rings. The van der Waals surface area contributed by atoms with Gasteiger partial charge in [0.2, 0.25) is 5.91 Å². The number of rotatable bonds is 11. The first kappa shape index (κ1) is 29.6. The van der Waals surface area contributed by atoms with Gasteiger partial charge in [-0.2, -0.15) is 0 Å². The van der Waals surface area contributed by atoms with Crippen LogP contribution in [-0.2, 0) is 20.7 Å². The van der Waals surface area contributed by atoms with E-state index in [0.29, 0.717) is 29.5 Å². The van der Waals surface area contributed by atoms with Crippen LogP contribution in [0.1, 0.15) is 58.4 Å². The van der Waals surface area contributed by atoms with Gasteiger partial charge in [-0.15, -0.1) is 0 Å². The topological polar surface area (TPSA) is 62.3 Å². The number of carbonyl (C=O) groups excluding carboxylic acids is 2. The van der Waals surface area contributed by atoms with Crippen LogP contribution in [0.25, 0.3) is 0 Å². The van der Waals surface area contributed by atoms with Gasteiger partial charge in [-0.05, 0) is 67.8 Å². The Bertz CT molecular complexity index is 1350. The number of amides is 1. The number of unbranched alkanes of at least 4 members (excludes halogenated alkanes) is 1. The third-order valence-electron chi connectivity index (χ3n) is 9.71. The van der Waals surface area contributed by atoms with Crippen LogP contribution in [0.2, 0.25) is 10.0 Å². The van der Waals surface area contributed by atoms with E-state index >= 15 is 0 Å². The molecule has 0 spiro atoms. The maximum absolute atomic E-state index is 13.2. The lowest BCUT2D eigenvalue weighted by Gasteiger charge is -2.37. The molecule has 226 valence electrons. The Morgan fingerprint density at radius 1 is 1.00 bits per heavy atom. The van der Waals surface area contributed by atoms with Gasteiger partial charge in [-0.3, -0.25) is 19.4 Å². The van der Waals surface area contributed by atoms with E-state index in [2.05, 4.69) is 16.7 Å². The molecule has 0 N–H and O–H groups in total. The first-order chi connectivity index (χ1) is 20.1. The summed E-state index contributed by atoms with van der Waals surface area (Å²) in [7, 11) is 0. The summed E-state index contributed by atoms with van der Waals surface area (Å²) in [6.45, 7) is 11.6. The molecule has 1 amide bonds. The summed E-state index contributed by atoms with van der Waals surface area (Å²) in [6.07, 6.45) is 4.27. The summed E-state index contributed by atoms with van der Waals surface area (Å²) >= 11 is 12.6. The molecule has 2 aliphatic heterocycles. The summed E-state index contributed by atoms with van der Waals surface area (Å²) in [5, 5.41) is 1.22. The van der Waals surface area contributed by atoms with Crippen LogP contribution in [0.4, 0.5) is 11.4 Å². The van der Waals surface area contributed by atoms with Crippen LogP contribution in [0.3, 0.4) is 0 Å². The number of aryl methyl sites for hydroxylation is 1. The molecule has 2 aliphatic carbocycles. The van der Waals surface area contributed by atoms with Gasteiger partial charge in [0.15, 0.2) is 6.23 Å². The monoisotopic (exact) mass is 613 g/mol. The number of nitrogens with zero attached hydrogens (tertiary/aromatic N) is 3. The Kier molecular flexibility index (Phi) is 8.14. The van der Waals surface area contributed by atoms with E-state index < -0.39 is 6.23 Å². The van der Waals surface area contributed by atoms with Crippen LogP contribution < -0.4 is 14.5 Å². The summed E-state index contributed by atoms with van der Waals surface area (Å²) in [5.74, 6) is 0.559. The predicted octanol–water partition coefficient (Wildman–Crippen LogP) is 6.58. The van der Waals surface area contributed by atoms with Crippen LogP contribution in [-0.4, -0.2) is 62.3 Å². The van der Waals surface area contributed by atoms with Crippen molar-refractivity contribution in [3.63, 3.8) is 0 Å². The summed E-state index contributed by atoms with van der Waals surface area (Å²) in [6, 6.07) is 11.8. The number of benzene rings is 2. The molecule has 2 saturated carbocycles. The number of fused-ring (bicyclic) bond motifs is 2. The van der Waals surface area contributed by atoms with Gasteiger partial charge < -0.3 is 14.4 Å². The number of hydrogen-bond acceptors (Lipinski definition) is 6. The second-order valence-electron chi connectivity index (χ2n) is 13.0. The highest BCUT2D eigenvalue weighted by Crippen LogP contribution is 2.86. The molecule has 0 bridgehead atoms. The van der Waals surface area contributed by atoms with Crippen molar-refractivity contribution in [1.82, 2.24) is 4.90 Å². The normalized spacial score (nSPS) is 25.6. The molecule has 0 radical (unpaired) electrons. The lowest BCUT2D eigenvalue weighted by Crippen LogP contribution is -2.48. The lowest BCUT2D eigenvalue weighted by atomic mass is 9.98. The van der Waals surface area contributed by atoms with E-state index in [1.807, 2.05) is 50.2 Å². The molecule has 2 aromatic carbocycles. The van der Waals surface area contributed by atoms with Crippen molar-refractivity contribution >= 4 is 46.5 Å². The maximum Gasteiger partial charge on any atom is 0.314 e. The fourth-order valence-electron chi connectivity index (χ4n) is 6.71. The third kappa shape index (κ3) is 5.60. The Balaban J connectivity index is 0.999. The summed E-state index contributed by atoms with van der Waals surface area (Å²) in [5.41, 5.74) is 2.72. The van der Waals surface area contributed by atoms with Crippen LogP contribution >= 0.6 is 23.2 Å². The molecule has 42 heavy (non-hydrogen) atoms. The van der Waals surface area contributed by atoms with E-state index in [9.17, 15) is 9.59 Å². The smallest absolute Gasteiger partial charge is 0.314 e. The Labute approximate surface area is 259 Å². The minimum atomic E-state index is -0.616. The first-order valence-electron chi connectivity index (χ1n) is 15.3. The maximum atomic E-state index is 13.2. The summed E-state index contributed by atoms with van der Waals surface area (Å²) < 4.78 is 12.2. The lowest BCUT2D eigenvalue weighted by molar-refractivity contribution is -0.156. The zero-order valence-electron chi connectivity index (χ0n) is 24.8. The molecule has 2 heterocycles. The standard InChI is InChI=1S/C33H41Cl2N3O4/c1-22(2)30(42-31(40)33-20-32(33,3)21-33)38-27-19-24(11-9-23(27)10-12-28(38)39)41-18-5-4-13-36-14-16-37(17-15-36)26-8-6-7-25(34)29(26)35/h6-9,11,19,22,30H,4-5,10,12-18,20-21H2,1-3H3. The number of carbonyl (C=O) groups is 2. The second kappa shape index (κ2) is 11.5. The van der Waals surface area contributed by atoms with Gasteiger partial charge in [0, 0.05) is 44.6 Å². The highest BCUT2D eigenvalue weighted by molar-refractivity contribution is 6.43. The van der Waals surface area contributed by atoms with Crippen LogP contribution in [0.5, 0.6) is 5.75 Å².